The predicted octanol–water partition coefficient (Wildman–Crippen LogP) is 6.96. The van der Waals surface area contributed by atoms with Gasteiger partial charge in [-0.25, -0.2) is 0 Å². The summed E-state index contributed by atoms with van der Waals surface area (Å²) in [7, 11) is 1.59. The molecule has 6 heteroatoms. The molecule has 0 aliphatic heterocycles. The second-order valence-electron chi connectivity index (χ2n) is 7.09. The summed E-state index contributed by atoms with van der Waals surface area (Å²) in [5, 5.41) is 3.63. The first-order valence-corrected chi connectivity index (χ1v) is 10.3. The average molecular weight is 444 g/mol. The van der Waals surface area contributed by atoms with Crippen molar-refractivity contribution in [2.24, 2.45) is 0 Å². The van der Waals surface area contributed by atoms with Crippen molar-refractivity contribution in [1.82, 2.24) is 0 Å². The van der Waals surface area contributed by atoms with Crippen LogP contribution in [0.15, 0.2) is 60.7 Å². The van der Waals surface area contributed by atoms with Crippen LogP contribution < -0.4 is 14.8 Å². The van der Waals surface area contributed by atoms with Crippen LogP contribution in [0.1, 0.15) is 41.3 Å². The van der Waals surface area contributed by atoms with Crippen molar-refractivity contribution in [3.05, 3.63) is 87.4 Å². The Bertz CT molecular complexity index is 1050. The maximum atomic E-state index is 12.7. The number of anilines is 1. The zero-order chi connectivity index (χ0) is 21.7. The molecule has 1 N–H and O–H groups in total. The highest BCUT2D eigenvalue weighted by Gasteiger charge is 2.13. The van der Waals surface area contributed by atoms with Gasteiger partial charge in [0.05, 0.1) is 17.2 Å². The Morgan fingerprint density at radius 2 is 1.73 bits per heavy atom. The number of halogens is 2. The Labute approximate surface area is 186 Å². The lowest BCUT2D eigenvalue weighted by molar-refractivity contribution is 0.102. The van der Waals surface area contributed by atoms with Crippen molar-refractivity contribution in [2.45, 2.75) is 26.4 Å². The van der Waals surface area contributed by atoms with Crippen LogP contribution >= 0.6 is 23.2 Å². The van der Waals surface area contributed by atoms with E-state index in [-0.39, 0.29) is 12.5 Å². The minimum absolute atomic E-state index is 0.264. The number of amides is 1. The SMILES string of the molecule is COc1ccc(C(=O)Nc2ccc(Cl)c(Cl)c2)cc1COc1ccccc1C(C)C. The van der Waals surface area contributed by atoms with Gasteiger partial charge in [0.25, 0.3) is 5.91 Å². The largest absolute Gasteiger partial charge is 0.496 e. The number of methoxy groups -OCH3 is 1. The molecule has 4 nitrogen and oxygen atoms in total. The number of hydrogen-bond acceptors (Lipinski definition) is 3. The molecule has 0 atom stereocenters. The molecule has 3 rings (SSSR count). The number of hydrogen-bond donors (Lipinski definition) is 1. The van der Waals surface area contributed by atoms with Gasteiger partial charge in [-0.2, -0.15) is 0 Å². The lowest BCUT2D eigenvalue weighted by atomic mass is 10.0. The minimum Gasteiger partial charge on any atom is -0.496 e. The van der Waals surface area contributed by atoms with Crippen LogP contribution in [0, 0.1) is 0 Å². The number of para-hydroxylation sites is 1. The molecule has 0 saturated carbocycles. The third-order valence-electron chi connectivity index (χ3n) is 4.64. The van der Waals surface area contributed by atoms with Crippen LogP contribution in [-0.4, -0.2) is 13.0 Å². The molecule has 3 aromatic rings. The van der Waals surface area contributed by atoms with Crippen molar-refractivity contribution < 1.29 is 14.3 Å². The van der Waals surface area contributed by atoms with Crippen LogP contribution in [0.3, 0.4) is 0 Å². The summed E-state index contributed by atoms with van der Waals surface area (Å²) in [6.07, 6.45) is 0. The molecule has 0 fully saturated rings. The van der Waals surface area contributed by atoms with E-state index in [1.807, 2.05) is 18.2 Å². The summed E-state index contributed by atoms with van der Waals surface area (Å²) < 4.78 is 11.5. The number of rotatable bonds is 7. The van der Waals surface area contributed by atoms with E-state index in [2.05, 4.69) is 25.2 Å². The van der Waals surface area contributed by atoms with Crippen LogP contribution in [0.25, 0.3) is 0 Å². The Balaban J connectivity index is 1.79. The fourth-order valence-electron chi connectivity index (χ4n) is 3.05. The Kier molecular flexibility index (Phi) is 7.24. The third kappa shape index (κ3) is 5.26. The first kappa shape index (κ1) is 22.0. The second-order valence-corrected chi connectivity index (χ2v) is 7.91. The summed E-state index contributed by atoms with van der Waals surface area (Å²) in [5.41, 5.74) is 2.95. The molecular formula is C24H23Cl2NO3. The Morgan fingerprint density at radius 3 is 2.43 bits per heavy atom. The standard InChI is InChI=1S/C24H23Cl2NO3/c1-15(2)19-6-4-5-7-23(19)30-14-17-12-16(8-11-22(17)29-3)24(28)27-18-9-10-20(25)21(26)13-18/h4-13,15H,14H2,1-3H3,(H,27,28). The number of carbonyl (C=O) groups is 1. The first-order chi connectivity index (χ1) is 14.4. The number of nitrogens with one attached hydrogen (secondary N) is 1. The van der Waals surface area contributed by atoms with Gasteiger partial charge < -0.3 is 14.8 Å². The fraction of sp³-hybridized carbons (Fsp3) is 0.208. The van der Waals surface area contributed by atoms with Gasteiger partial charge in [-0.1, -0.05) is 55.2 Å². The van der Waals surface area contributed by atoms with E-state index in [4.69, 9.17) is 32.7 Å². The Morgan fingerprint density at radius 1 is 0.967 bits per heavy atom. The van der Waals surface area contributed by atoms with Gasteiger partial charge in [0.2, 0.25) is 0 Å². The molecular weight excluding hydrogens is 421 g/mol. The van der Waals surface area contributed by atoms with E-state index in [1.165, 1.54) is 0 Å². The summed E-state index contributed by atoms with van der Waals surface area (Å²) in [4.78, 5) is 12.7. The molecule has 0 heterocycles. The van der Waals surface area contributed by atoms with Crippen molar-refractivity contribution in [2.75, 3.05) is 12.4 Å². The number of ether oxygens (including phenoxy) is 2. The van der Waals surface area contributed by atoms with E-state index in [0.29, 0.717) is 33.0 Å². The number of carbonyl (C=O) groups excluding carboxylic acids is 1. The molecule has 0 spiro atoms. The van der Waals surface area contributed by atoms with Gasteiger partial charge in [-0.3, -0.25) is 4.79 Å². The first-order valence-electron chi connectivity index (χ1n) is 9.54. The van der Waals surface area contributed by atoms with Gasteiger partial charge in [0.1, 0.15) is 18.1 Å². The van der Waals surface area contributed by atoms with E-state index < -0.39 is 0 Å². The van der Waals surface area contributed by atoms with Crippen LogP contribution in [0.5, 0.6) is 11.5 Å². The zero-order valence-electron chi connectivity index (χ0n) is 17.0. The molecule has 0 aliphatic rings. The molecule has 0 bridgehead atoms. The fourth-order valence-corrected chi connectivity index (χ4v) is 3.35. The topological polar surface area (TPSA) is 47.6 Å². The average Bonchev–Trinajstić information content (AvgIpc) is 2.74. The number of benzene rings is 3. The molecule has 0 aliphatic carbocycles. The zero-order valence-corrected chi connectivity index (χ0v) is 18.6. The van der Waals surface area contributed by atoms with Gasteiger partial charge in [-0.15, -0.1) is 0 Å². The summed E-state index contributed by atoms with van der Waals surface area (Å²) >= 11 is 12.0. The van der Waals surface area contributed by atoms with E-state index in [9.17, 15) is 4.79 Å². The van der Waals surface area contributed by atoms with E-state index >= 15 is 0 Å². The van der Waals surface area contributed by atoms with Crippen LogP contribution in [0.2, 0.25) is 10.0 Å². The molecule has 0 unspecified atom stereocenters. The maximum absolute atomic E-state index is 12.7. The van der Waals surface area contributed by atoms with Crippen molar-refractivity contribution in [3.8, 4) is 11.5 Å². The highest BCUT2D eigenvalue weighted by Crippen LogP contribution is 2.29. The lowest BCUT2D eigenvalue weighted by Gasteiger charge is -2.16. The normalized spacial score (nSPS) is 10.7. The smallest absolute Gasteiger partial charge is 0.255 e. The molecule has 30 heavy (non-hydrogen) atoms. The molecule has 156 valence electrons. The summed E-state index contributed by atoms with van der Waals surface area (Å²) in [6, 6.07) is 18.1. The Hall–Kier alpha value is -2.69. The minimum atomic E-state index is -0.264. The molecule has 0 saturated heterocycles. The monoisotopic (exact) mass is 443 g/mol. The van der Waals surface area contributed by atoms with Crippen LogP contribution in [-0.2, 0) is 6.61 Å². The van der Waals surface area contributed by atoms with Gasteiger partial charge in [0.15, 0.2) is 0 Å². The van der Waals surface area contributed by atoms with Crippen molar-refractivity contribution in [1.29, 1.82) is 0 Å². The van der Waals surface area contributed by atoms with Gasteiger partial charge >= 0.3 is 0 Å². The van der Waals surface area contributed by atoms with E-state index in [1.54, 1.807) is 43.5 Å². The summed E-state index contributed by atoms with van der Waals surface area (Å²) in [6.45, 7) is 4.52. The highest BCUT2D eigenvalue weighted by atomic mass is 35.5. The maximum Gasteiger partial charge on any atom is 0.255 e. The van der Waals surface area contributed by atoms with Crippen LogP contribution in [0.4, 0.5) is 5.69 Å². The van der Waals surface area contributed by atoms with Gasteiger partial charge in [0, 0.05) is 16.8 Å². The van der Waals surface area contributed by atoms with Crippen molar-refractivity contribution in [3.63, 3.8) is 0 Å². The molecule has 0 aromatic heterocycles. The molecule has 1 amide bonds. The summed E-state index contributed by atoms with van der Waals surface area (Å²) in [5.74, 6) is 1.55. The quantitative estimate of drug-likeness (QED) is 0.429. The predicted molar refractivity (Wildman–Crippen MR) is 122 cm³/mol. The van der Waals surface area contributed by atoms with E-state index in [0.717, 1.165) is 16.9 Å². The highest BCUT2D eigenvalue weighted by molar-refractivity contribution is 6.42. The lowest BCUT2D eigenvalue weighted by Crippen LogP contribution is -2.13. The van der Waals surface area contributed by atoms with Crippen molar-refractivity contribution >= 4 is 34.8 Å². The molecule has 0 radical (unpaired) electrons. The van der Waals surface area contributed by atoms with Gasteiger partial charge in [-0.05, 0) is 53.9 Å². The third-order valence-corrected chi connectivity index (χ3v) is 5.38. The molecule has 3 aromatic carbocycles. The second kappa shape index (κ2) is 9.88.